The van der Waals surface area contributed by atoms with Gasteiger partial charge in [-0.3, -0.25) is 4.79 Å². The second kappa shape index (κ2) is 7.31. The van der Waals surface area contributed by atoms with Crippen molar-refractivity contribution in [2.45, 2.75) is 31.7 Å². The molecule has 0 amide bonds. The molecule has 1 rings (SSSR count). The van der Waals surface area contributed by atoms with E-state index >= 15 is 0 Å². The Bertz CT molecular complexity index is 449. The first-order valence-electron chi connectivity index (χ1n) is 6.13. The van der Waals surface area contributed by atoms with Gasteiger partial charge in [0.25, 0.3) is 0 Å². The summed E-state index contributed by atoms with van der Waals surface area (Å²) in [5.74, 6) is -0.747. The summed E-state index contributed by atoms with van der Waals surface area (Å²) in [6.45, 7) is 4.97. The standard InChI is InChI=1S/C14H20BrNO2S/c1-14(2,13(17)18)6-7-16-9-10-4-5-11(15)8-12(10)19-3/h4-5,8,16H,6-7,9H2,1-3H3,(H,17,18). The van der Waals surface area contributed by atoms with Gasteiger partial charge in [-0.25, -0.2) is 0 Å². The lowest BCUT2D eigenvalue weighted by Crippen LogP contribution is -2.28. The van der Waals surface area contributed by atoms with Crippen LogP contribution in [0.3, 0.4) is 0 Å². The molecule has 5 heteroatoms. The second-order valence-corrected chi connectivity index (χ2v) is 6.84. The third-order valence-corrected chi connectivity index (χ3v) is 4.38. The fourth-order valence-electron chi connectivity index (χ4n) is 1.60. The van der Waals surface area contributed by atoms with Crippen molar-refractivity contribution in [1.29, 1.82) is 0 Å². The summed E-state index contributed by atoms with van der Waals surface area (Å²) in [6, 6.07) is 6.21. The molecule has 0 spiro atoms. The summed E-state index contributed by atoms with van der Waals surface area (Å²) >= 11 is 5.18. The SMILES string of the molecule is CSc1cc(Br)ccc1CNCCC(C)(C)C(=O)O. The molecule has 1 aromatic rings. The summed E-state index contributed by atoms with van der Waals surface area (Å²) in [5, 5.41) is 12.3. The van der Waals surface area contributed by atoms with Crippen molar-refractivity contribution < 1.29 is 9.90 Å². The van der Waals surface area contributed by atoms with Gasteiger partial charge in [-0.1, -0.05) is 22.0 Å². The van der Waals surface area contributed by atoms with Crippen LogP contribution in [0.4, 0.5) is 0 Å². The number of halogens is 1. The predicted molar refractivity (Wildman–Crippen MR) is 83.7 cm³/mol. The average molecular weight is 346 g/mol. The number of benzene rings is 1. The van der Waals surface area contributed by atoms with E-state index in [2.05, 4.69) is 39.6 Å². The van der Waals surface area contributed by atoms with Crippen molar-refractivity contribution in [2.24, 2.45) is 5.41 Å². The highest BCUT2D eigenvalue weighted by Gasteiger charge is 2.26. The smallest absolute Gasteiger partial charge is 0.309 e. The van der Waals surface area contributed by atoms with E-state index in [1.165, 1.54) is 10.5 Å². The fourth-order valence-corrected chi connectivity index (χ4v) is 2.76. The monoisotopic (exact) mass is 345 g/mol. The molecule has 0 saturated carbocycles. The van der Waals surface area contributed by atoms with Crippen LogP contribution in [0.5, 0.6) is 0 Å². The maximum absolute atomic E-state index is 11.0. The van der Waals surface area contributed by atoms with Crippen LogP contribution in [0.25, 0.3) is 0 Å². The van der Waals surface area contributed by atoms with E-state index in [1.54, 1.807) is 25.6 Å². The van der Waals surface area contributed by atoms with Crippen LogP contribution in [0.15, 0.2) is 27.6 Å². The van der Waals surface area contributed by atoms with E-state index in [1.807, 2.05) is 6.07 Å². The molecule has 106 valence electrons. The summed E-state index contributed by atoms with van der Waals surface area (Å²) in [7, 11) is 0. The zero-order valence-electron chi connectivity index (χ0n) is 11.5. The number of nitrogens with one attached hydrogen (secondary N) is 1. The van der Waals surface area contributed by atoms with E-state index in [0.717, 1.165) is 11.0 Å². The quantitative estimate of drug-likeness (QED) is 0.583. The minimum atomic E-state index is -0.747. The lowest BCUT2D eigenvalue weighted by Gasteiger charge is -2.19. The highest BCUT2D eigenvalue weighted by atomic mass is 79.9. The van der Waals surface area contributed by atoms with E-state index in [9.17, 15) is 4.79 Å². The van der Waals surface area contributed by atoms with Gasteiger partial charge >= 0.3 is 5.97 Å². The van der Waals surface area contributed by atoms with Gasteiger partial charge in [-0.05, 0) is 50.8 Å². The Balaban J connectivity index is 2.48. The molecule has 1 aromatic carbocycles. The van der Waals surface area contributed by atoms with E-state index < -0.39 is 11.4 Å². The van der Waals surface area contributed by atoms with Gasteiger partial charge in [0.05, 0.1) is 5.41 Å². The molecule has 0 radical (unpaired) electrons. The first-order chi connectivity index (χ1) is 8.86. The molecular formula is C14H20BrNO2S. The molecule has 19 heavy (non-hydrogen) atoms. The van der Waals surface area contributed by atoms with E-state index in [0.29, 0.717) is 13.0 Å². The highest BCUT2D eigenvalue weighted by molar-refractivity contribution is 9.10. The summed E-state index contributed by atoms with van der Waals surface area (Å²) in [4.78, 5) is 12.2. The minimum absolute atomic E-state index is 0.619. The van der Waals surface area contributed by atoms with Crippen molar-refractivity contribution in [3.8, 4) is 0 Å². The molecule has 0 aliphatic rings. The lowest BCUT2D eigenvalue weighted by atomic mass is 9.90. The summed E-state index contributed by atoms with van der Waals surface area (Å²) < 4.78 is 1.08. The number of rotatable bonds is 7. The third kappa shape index (κ3) is 5.16. The van der Waals surface area contributed by atoms with Crippen LogP contribution >= 0.6 is 27.7 Å². The zero-order valence-corrected chi connectivity index (χ0v) is 13.9. The maximum atomic E-state index is 11.0. The summed E-state index contributed by atoms with van der Waals surface area (Å²) in [6.07, 6.45) is 2.67. The molecule has 0 heterocycles. The summed E-state index contributed by atoms with van der Waals surface area (Å²) in [5.41, 5.74) is 0.568. The third-order valence-electron chi connectivity index (χ3n) is 3.07. The van der Waals surface area contributed by atoms with Gasteiger partial charge in [-0.15, -0.1) is 11.8 Å². The van der Waals surface area contributed by atoms with E-state index in [4.69, 9.17) is 5.11 Å². The van der Waals surface area contributed by atoms with Crippen LogP contribution < -0.4 is 5.32 Å². The number of carbonyl (C=O) groups is 1. The molecule has 0 unspecified atom stereocenters. The Labute approximate surface area is 127 Å². The maximum Gasteiger partial charge on any atom is 0.309 e. The van der Waals surface area contributed by atoms with Crippen LogP contribution in [0, 0.1) is 5.41 Å². The van der Waals surface area contributed by atoms with Crippen molar-refractivity contribution in [3.63, 3.8) is 0 Å². The minimum Gasteiger partial charge on any atom is -0.481 e. The molecule has 0 bridgehead atoms. The molecule has 2 N–H and O–H groups in total. The highest BCUT2D eigenvalue weighted by Crippen LogP contribution is 2.25. The van der Waals surface area contributed by atoms with E-state index in [-0.39, 0.29) is 0 Å². The van der Waals surface area contributed by atoms with Crippen LogP contribution in [0.2, 0.25) is 0 Å². The van der Waals surface area contributed by atoms with Crippen LogP contribution in [-0.2, 0) is 11.3 Å². The largest absolute Gasteiger partial charge is 0.481 e. The second-order valence-electron chi connectivity index (χ2n) is 5.07. The van der Waals surface area contributed by atoms with Crippen LogP contribution in [0.1, 0.15) is 25.8 Å². The Morgan fingerprint density at radius 3 is 2.74 bits per heavy atom. The van der Waals surface area contributed by atoms with Crippen LogP contribution in [-0.4, -0.2) is 23.9 Å². The predicted octanol–water partition coefficient (Wildman–Crippen LogP) is 3.76. The molecule has 0 aliphatic heterocycles. The Morgan fingerprint density at radius 2 is 2.16 bits per heavy atom. The molecule has 0 atom stereocenters. The number of thioether (sulfide) groups is 1. The lowest BCUT2D eigenvalue weighted by molar-refractivity contribution is -0.147. The van der Waals surface area contributed by atoms with Gasteiger partial charge in [0.2, 0.25) is 0 Å². The van der Waals surface area contributed by atoms with Gasteiger partial charge < -0.3 is 10.4 Å². The van der Waals surface area contributed by atoms with Crippen molar-refractivity contribution in [2.75, 3.05) is 12.8 Å². The fraction of sp³-hybridized carbons (Fsp3) is 0.500. The topological polar surface area (TPSA) is 49.3 Å². The van der Waals surface area contributed by atoms with Gasteiger partial charge in [0, 0.05) is 15.9 Å². The first kappa shape index (κ1) is 16.5. The number of carboxylic acids is 1. The Hall–Kier alpha value is -0.520. The van der Waals surface area contributed by atoms with Crippen molar-refractivity contribution >= 4 is 33.7 Å². The molecule has 0 saturated heterocycles. The molecular weight excluding hydrogens is 326 g/mol. The Morgan fingerprint density at radius 1 is 1.47 bits per heavy atom. The number of carboxylic acid groups (broad SMARTS) is 1. The van der Waals surface area contributed by atoms with Crippen molar-refractivity contribution in [3.05, 3.63) is 28.2 Å². The van der Waals surface area contributed by atoms with Crippen molar-refractivity contribution in [1.82, 2.24) is 5.32 Å². The van der Waals surface area contributed by atoms with Gasteiger partial charge in [0.1, 0.15) is 0 Å². The number of hydrogen-bond acceptors (Lipinski definition) is 3. The number of hydrogen-bond donors (Lipinski definition) is 2. The molecule has 3 nitrogen and oxygen atoms in total. The van der Waals surface area contributed by atoms with Gasteiger partial charge in [-0.2, -0.15) is 0 Å². The average Bonchev–Trinajstić information content (AvgIpc) is 2.35. The zero-order chi connectivity index (χ0) is 14.5. The molecule has 0 fully saturated rings. The first-order valence-corrected chi connectivity index (χ1v) is 8.15. The Kier molecular flexibility index (Phi) is 6.36. The molecule has 0 aromatic heterocycles. The normalized spacial score (nSPS) is 11.6. The molecule has 0 aliphatic carbocycles. The number of aliphatic carboxylic acids is 1. The van der Waals surface area contributed by atoms with Gasteiger partial charge in [0.15, 0.2) is 0 Å².